The Labute approximate surface area is 122 Å². The van der Waals surface area contributed by atoms with Gasteiger partial charge >= 0.3 is 0 Å². The molecule has 1 aromatic rings. The van der Waals surface area contributed by atoms with Gasteiger partial charge in [-0.2, -0.15) is 0 Å². The van der Waals surface area contributed by atoms with Crippen LogP contribution in [0.5, 0.6) is 0 Å². The Bertz CT molecular complexity index is 549. The van der Waals surface area contributed by atoms with Gasteiger partial charge in [0.25, 0.3) is 0 Å². The second-order valence-electron chi connectivity index (χ2n) is 5.81. The number of rotatable bonds is 3. The average Bonchev–Trinajstić information content (AvgIpc) is 2.97. The minimum atomic E-state index is -0.978. The number of fused-ring (bicyclic) bond motifs is 1. The van der Waals surface area contributed by atoms with Crippen molar-refractivity contribution in [1.29, 1.82) is 0 Å². The Kier molecular flexibility index (Phi) is 4.04. The maximum Gasteiger partial charge on any atom is 0.179 e. The summed E-state index contributed by atoms with van der Waals surface area (Å²) in [7, 11) is 0. The molecule has 21 heavy (non-hydrogen) atoms. The molecular weight excluding hydrogens is 276 g/mol. The summed E-state index contributed by atoms with van der Waals surface area (Å²) in [4.78, 5) is 14.7. The summed E-state index contributed by atoms with van der Waals surface area (Å²) in [5, 5.41) is 0. The van der Waals surface area contributed by atoms with Crippen LogP contribution in [0.1, 0.15) is 36.5 Å². The van der Waals surface area contributed by atoms with Gasteiger partial charge in [0.05, 0.1) is 18.8 Å². The van der Waals surface area contributed by atoms with Gasteiger partial charge in [-0.25, -0.2) is 8.78 Å². The van der Waals surface area contributed by atoms with E-state index >= 15 is 0 Å². The molecule has 2 fully saturated rings. The maximum atomic E-state index is 13.3. The second kappa shape index (κ2) is 5.81. The zero-order chi connectivity index (χ0) is 15.0. The minimum absolute atomic E-state index is 0.165. The summed E-state index contributed by atoms with van der Waals surface area (Å²) in [5.74, 6) is -2.07. The van der Waals surface area contributed by atoms with Crippen LogP contribution in [0.3, 0.4) is 0 Å². The van der Waals surface area contributed by atoms with Crippen LogP contribution < -0.4 is 0 Å². The highest BCUT2D eigenvalue weighted by atomic mass is 19.2. The van der Waals surface area contributed by atoms with Gasteiger partial charge < -0.3 is 4.74 Å². The number of nitrogens with zero attached hydrogens (tertiary/aromatic N) is 1. The molecule has 0 aromatic heterocycles. The standard InChI is InChI=1S/C16H19F2NO2/c1-10(16(20)11-5-6-12(17)13(18)9-11)19-7-8-21-15-4-2-3-14(15)19/h5-6,9-10,14-15H,2-4,7-8H2,1H3. The molecule has 5 heteroatoms. The normalized spacial score (nSPS) is 27.4. The molecule has 3 nitrogen and oxygen atoms in total. The number of ether oxygens (including phenoxy) is 1. The van der Waals surface area contributed by atoms with E-state index in [4.69, 9.17) is 4.74 Å². The second-order valence-corrected chi connectivity index (χ2v) is 5.81. The van der Waals surface area contributed by atoms with Crippen LogP contribution >= 0.6 is 0 Å². The number of Topliss-reactive ketones (excluding diaryl/α,β-unsaturated/α-hetero) is 1. The molecule has 0 spiro atoms. The number of carbonyl (C=O) groups is 1. The lowest BCUT2D eigenvalue weighted by molar-refractivity contribution is -0.0643. The number of hydrogen-bond acceptors (Lipinski definition) is 3. The first-order valence-electron chi connectivity index (χ1n) is 7.44. The fraction of sp³-hybridized carbons (Fsp3) is 0.562. The smallest absolute Gasteiger partial charge is 0.179 e. The zero-order valence-electron chi connectivity index (χ0n) is 12.0. The molecule has 0 N–H and O–H groups in total. The first kappa shape index (κ1) is 14.6. The Balaban J connectivity index is 1.78. The molecule has 1 aromatic carbocycles. The van der Waals surface area contributed by atoms with Crippen LogP contribution in [0, 0.1) is 11.6 Å². The van der Waals surface area contributed by atoms with E-state index in [-0.39, 0.29) is 29.5 Å². The van der Waals surface area contributed by atoms with Crippen molar-refractivity contribution < 1.29 is 18.3 Å². The lowest BCUT2D eigenvalue weighted by Crippen LogP contribution is -2.54. The first-order valence-corrected chi connectivity index (χ1v) is 7.44. The predicted octanol–water partition coefficient (Wildman–Crippen LogP) is 2.79. The van der Waals surface area contributed by atoms with E-state index < -0.39 is 11.6 Å². The van der Waals surface area contributed by atoms with Gasteiger partial charge in [0.1, 0.15) is 0 Å². The van der Waals surface area contributed by atoms with Crippen molar-refractivity contribution in [2.75, 3.05) is 13.2 Å². The highest BCUT2D eigenvalue weighted by Gasteiger charge is 2.39. The van der Waals surface area contributed by atoms with Gasteiger partial charge in [-0.3, -0.25) is 9.69 Å². The van der Waals surface area contributed by atoms with Crippen molar-refractivity contribution in [2.24, 2.45) is 0 Å². The monoisotopic (exact) mass is 295 g/mol. The van der Waals surface area contributed by atoms with E-state index in [2.05, 4.69) is 4.90 Å². The SMILES string of the molecule is CC(C(=O)c1ccc(F)c(F)c1)N1CCOC2CCCC21. The predicted molar refractivity (Wildman–Crippen MR) is 74.2 cm³/mol. The van der Waals surface area contributed by atoms with Crippen molar-refractivity contribution >= 4 is 5.78 Å². The van der Waals surface area contributed by atoms with E-state index in [0.717, 1.165) is 31.4 Å². The van der Waals surface area contributed by atoms with Gasteiger partial charge in [0, 0.05) is 18.2 Å². The van der Waals surface area contributed by atoms with Crippen LogP contribution in [0.15, 0.2) is 18.2 Å². The maximum absolute atomic E-state index is 13.3. The number of morpholine rings is 1. The van der Waals surface area contributed by atoms with E-state index in [9.17, 15) is 13.6 Å². The molecule has 2 aliphatic rings. The van der Waals surface area contributed by atoms with Crippen molar-refractivity contribution in [2.45, 2.75) is 44.4 Å². The Morgan fingerprint density at radius 3 is 2.90 bits per heavy atom. The zero-order valence-corrected chi connectivity index (χ0v) is 12.0. The average molecular weight is 295 g/mol. The number of halogens is 2. The molecule has 114 valence electrons. The fourth-order valence-corrected chi connectivity index (χ4v) is 3.48. The highest BCUT2D eigenvalue weighted by Crippen LogP contribution is 2.31. The van der Waals surface area contributed by atoms with Crippen molar-refractivity contribution in [3.63, 3.8) is 0 Å². The molecule has 0 bridgehead atoms. The third-order valence-corrected chi connectivity index (χ3v) is 4.61. The van der Waals surface area contributed by atoms with E-state index in [0.29, 0.717) is 13.2 Å². The molecule has 1 saturated carbocycles. The lowest BCUT2D eigenvalue weighted by Gasteiger charge is -2.40. The Hall–Kier alpha value is -1.33. The van der Waals surface area contributed by atoms with Gasteiger partial charge in [-0.1, -0.05) is 0 Å². The number of benzene rings is 1. The summed E-state index contributed by atoms with van der Waals surface area (Å²) in [5.41, 5.74) is 0.224. The van der Waals surface area contributed by atoms with Crippen LogP contribution in [0.2, 0.25) is 0 Å². The first-order chi connectivity index (χ1) is 10.1. The third kappa shape index (κ3) is 2.72. The summed E-state index contributed by atoms with van der Waals surface area (Å²) < 4.78 is 32.0. The van der Waals surface area contributed by atoms with Crippen LogP contribution in [0.4, 0.5) is 8.78 Å². The molecule has 1 aliphatic heterocycles. The summed E-state index contributed by atoms with van der Waals surface area (Å²) in [6.07, 6.45) is 3.38. The quantitative estimate of drug-likeness (QED) is 0.803. The van der Waals surface area contributed by atoms with Crippen LogP contribution in [-0.2, 0) is 4.74 Å². The summed E-state index contributed by atoms with van der Waals surface area (Å²) in [6.45, 7) is 3.17. The molecule has 3 unspecified atom stereocenters. The van der Waals surface area contributed by atoms with Gasteiger partial charge in [0.15, 0.2) is 17.4 Å². The van der Waals surface area contributed by atoms with Crippen molar-refractivity contribution in [3.05, 3.63) is 35.4 Å². The van der Waals surface area contributed by atoms with E-state index in [1.165, 1.54) is 6.07 Å². The molecule has 1 heterocycles. The van der Waals surface area contributed by atoms with Gasteiger partial charge in [-0.15, -0.1) is 0 Å². The number of hydrogen-bond donors (Lipinski definition) is 0. The van der Waals surface area contributed by atoms with Crippen molar-refractivity contribution in [1.82, 2.24) is 4.90 Å². The largest absolute Gasteiger partial charge is 0.375 e. The van der Waals surface area contributed by atoms with Crippen molar-refractivity contribution in [3.8, 4) is 0 Å². The lowest BCUT2D eigenvalue weighted by atomic mass is 10.0. The minimum Gasteiger partial charge on any atom is -0.375 e. The summed E-state index contributed by atoms with van der Waals surface area (Å²) in [6, 6.07) is 3.27. The topological polar surface area (TPSA) is 29.5 Å². The highest BCUT2D eigenvalue weighted by molar-refractivity contribution is 5.99. The molecular formula is C16H19F2NO2. The number of carbonyl (C=O) groups excluding carboxylic acids is 1. The number of ketones is 1. The third-order valence-electron chi connectivity index (χ3n) is 4.61. The van der Waals surface area contributed by atoms with E-state index in [1.54, 1.807) is 0 Å². The Morgan fingerprint density at radius 2 is 2.14 bits per heavy atom. The molecule has 3 rings (SSSR count). The van der Waals surface area contributed by atoms with Crippen LogP contribution in [0.25, 0.3) is 0 Å². The Morgan fingerprint density at radius 1 is 1.33 bits per heavy atom. The van der Waals surface area contributed by atoms with Crippen LogP contribution in [-0.4, -0.2) is 42.0 Å². The van der Waals surface area contributed by atoms with Gasteiger partial charge in [0.2, 0.25) is 0 Å². The summed E-state index contributed by atoms with van der Waals surface area (Å²) >= 11 is 0. The molecule has 3 atom stereocenters. The molecule has 0 amide bonds. The molecule has 0 radical (unpaired) electrons. The van der Waals surface area contributed by atoms with Gasteiger partial charge in [-0.05, 0) is 44.4 Å². The molecule has 1 aliphatic carbocycles. The fourth-order valence-electron chi connectivity index (χ4n) is 3.48. The molecule has 1 saturated heterocycles. The van der Waals surface area contributed by atoms with E-state index in [1.807, 2.05) is 6.92 Å².